The second kappa shape index (κ2) is 11.3. The fourth-order valence-corrected chi connectivity index (χ4v) is 3.90. The molecule has 0 radical (unpaired) electrons. The van der Waals surface area contributed by atoms with E-state index in [-0.39, 0.29) is 35.9 Å². The normalized spacial score (nSPS) is 11.8. The summed E-state index contributed by atoms with van der Waals surface area (Å²) in [5.74, 6) is 1.08. The Bertz CT molecular complexity index is 998. The summed E-state index contributed by atoms with van der Waals surface area (Å²) in [5.41, 5.74) is 1.54. The number of nitrogens with one attached hydrogen (secondary N) is 2. The molecule has 0 fully saturated rings. The number of methoxy groups -OCH3 is 2. The van der Waals surface area contributed by atoms with Crippen molar-refractivity contribution in [3.63, 3.8) is 0 Å². The zero-order valence-electron chi connectivity index (χ0n) is 19.2. The molecule has 9 heteroatoms. The zero-order chi connectivity index (χ0) is 23.8. The fourth-order valence-electron chi connectivity index (χ4n) is 2.89. The SMILES string of the molecule is COCCNS(=O)(=O)c1ccc(CNC(=O)COc2ccc(OC)cc2C(C)(C)C)cc1. The lowest BCUT2D eigenvalue weighted by atomic mass is 9.86. The molecule has 0 aliphatic rings. The van der Waals surface area contributed by atoms with Crippen LogP contribution in [0.1, 0.15) is 31.9 Å². The molecule has 0 aromatic heterocycles. The van der Waals surface area contributed by atoms with E-state index < -0.39 is 10.0 Å². The molecular weight excluding hydrogens is 432 g/mol. The Morgan fingerprint density at radius 3 is 2.31 bits per heavy atom. The average Bonchev–Trinajstić information content (AvgIpc) is 2.76. The summed E-state index contributed by atoms with van der Waals surface area (Å²) in [6.07, 6.45) is 0. The second-order valence-corrected chi connectivity index (χ2v) is 9.98. The first kappa shape index (κ1) is 25.6. The van der Waals surface area contributed by atoms with Crippen LogP contribution < -0.4 is 19.5 Å². The van der Waals surface area contributed by atoms with Gasteiger partial charge in [0.1, 0.15) is 11.5 Å². The highest BCUT2D eigenvalue weighted by molar-refractivity contribution is 7.89. The molecule has 0 aliphatic carbocycles. The van der Waals surface area contributed by atoms with Crippen LogP contribution in [0, 0.1) is 0 Å². The molecule has 0 saturated carbocycles. The van der Waals surface area contributed by atoms with E-state index in [4.69, 9.17) is 14.2 Å². The van der Waals surface area contributed by atoms with Crippen LogP contribution in [0.5, 0.6) is 11.5 Å². The van der Waals surface area contributed by atoms with E-state index in [9.17, 15) is 13.2 Å². The van der Waals surface area contributed by atoms with Gasteiger partial charge in [-0.15, -0.1) is 0 Å². The summed E-state index contributed by atoms with van der Waals surface area (Å²) in [5, 5.41) is 2.78. The molecular formula is C23H32N2O6S. The molecule has 0 spiro atoms. The number of hydrogen-bond acceptors (Lipinski definition) is 6. The number of ether oxygens (including phenoxy) is 3. The van der Waals surface area contributed by atoms with Crippen LogP contribution in [0.25, 0.3) is 0 Å². The van der Waals surface area contributed by atoms with E-state index in [1.54, 1.807) is 31.4 Å². The third kappa shape index (κ3) is 7.51. The molecule has 0 heterocycles. The van der Waals surface area contributed by atoms with E-state index >= 15 is 0 Å². The first-order chi connectivity index (χ1) is 15.1. The largest absolute Gasteiger partial charge is 0.497 e. The Labute approximate surface area is 190 Å². The van der Waals surface area contributed by atoms with Crippen molar-refractivity contribution in [1.29, 1.82) is 0 Å². The molecule has 2 aromatic rings. The van der Waals surface area contributed by atoms with Crippen LogP contribution in [0.2, 0.25) is 0 Å². The van der Waals surface area contributed by atoms with Crippen molar-refractivity contribution in [3.05, 3.63) is 53.6 Å². The van der Waals surface area contributed by atoms with Crippen molar-refractivity contribution < 1.29 is 27.4 Å². The standard InChI is InChI=1S/C23H32N2O6S/c1-23(2,3)20-14-18(30-5)8-11-21(20)31-16-22(26)24-15-17-6-9-19(10-7-17)32(27,28)25-12-13-29-4/h6-11,14,25H,12-13,15-16H2,1-5H3,(H,24,26). The molecule has 0 unspecified atom stereocenters. The predicted molar refractivity (Wildman–Crippen MR) is 123 cm³/mol. The van der Waals surface area contributed by atoms with Crippen molar-refractivity contribution in [2.45, 2.75) is 37.6 Å². The minimum Gasteiger partial charge on any atom is -0.497 e. The predicted octanol–water partition coefficient (Wildman–Crippen LogP) is 2.61. The average molecular weight is 465 g/mol. The topological polar surface area (TPSA) is 103 Å². The van der Waals surface area contributed by atoms with Gasteiger partial charge >= 0.3 is 0 Å². The molecule has 8 nitrogen and oxygen atoms in total. The molecule has 0 saturated heterocycles. The summed E-state index contributed by atoms with van der Waals surface area (Å²) >= 11 is 0. The van der Waals surface area contributed by atoms with Crippen molar-refractivity contribution in [1.82, 2.24) is 10.0 Å². The van der Waals surface area contributed by atoms with E-state index in [1.165, 1.54) is 19.2 Å². The Balaban J connectivity index is 1.91. The second-order valence-electron chi connectivity index (χ2n) is 8.21. The first-order valence-corrected chi connectivity index (χ1v) is 11.7. The van der Waals surface area contributed by atoms with Gasteiger partial charge < -0.3 is 19.5 Å². The lowest BCUT2D eigenvalue weighted by molar-refractivity contribution is -0.123. The van der Waals surface area contributed by atoms with E-state index in [2.05, 4.69) is 30.8 Å². The Kier molecular flexibility index (Phi) is 9.06. The molecule has 1 amide bonds. The number of rotatable bonds is 11. The maximum absolute atomic E-state index is 12.3. The minimum absolute atomic E-state index is 0.134. The monoisotopic (exact) mass is 464 g/mol. The van der Waals surface area contributed by atoms with Crippen LogP contribution >= 0.6 is 0 Å². The first-order valence-electron chi connectivity index (χ1n) is 10.2. The Morgan fingerprint density at radius 2 is 1.72 bits per heavy atom. The quantitative estimate of drug-likeness (QED) is 0.496. The van der Waals surface area contributed by atoms with Gasteiger partial charge in [-0.2, -0.15) is 0 Å². The molecule has 176 valence electrons. The van der Waals surface area contributed by atoms with Gasteiger partial charge in [0.15, 0.2) is 6.61 Å². The highest BCUT2D eigenvalue weighted by atomic mass is 32.2. The highest BCUT2D eigenvalue weighted by Crippen LogP contribution is 2.34. The van der Waals surface area contributed by atoms with Crippen LogP contribution in [-0.2, 0) is 31.5 Å². The van der Waals surface area contributed by atoms with Gasteiger partial charge in [0.25, 0.3) is 5.91 Å². The molecule has 0 aliphatic heterocycles. The zero-order valence-corrected chi connectivity index (χ0v) is 20.0. The number of hydrogen-bond donors (Lipinski definition) is 2. The van der Waals surface area contributed by atoms with Crippen LogP contribution in [0.15, 0.2) is 47.4 Å². The van der Waals surface area contributed by atoms with Crippen LogP contribution in [0.3, 0.4) is 0 Å². The summed E-state index contributed by atoms with van der Waals surface area (Å²) in [7, 11) is -0.478. The van der Waals surface area contributed by atoms with Gasteiger partial charge in [-0.3, -0.25) is 4.79 Å². The molecule has 32 heavy (non-hydrogen) atoms. The smallest absolute Gasteiger partial charge is 0.258 e. The van der Waals surface area contributed by atoms with Gasteiger partial charge in [-0.1, -0.05) is 32.9 Å². The fraction of sp³-hybridized carbons (Fsp3) is 0.435. The lowest BCUT2D eigenvalue weighted by Gasteiger charge is -2.23. The van der Waals surface area contributed by atoms with Crippen LogP contribution in [-0.4, -0.2) is 48.3 Å². The van der Waals surface area contributed by atoms with E-state index in [0.717, 1.165) is 16.9 Å². The van der Waals surface area contributed by atoms with Crippen LogP contribution in [0.4, 0.5) is 0 Å². The number of benzene rings is 2. The minimum atomic E-state index is -3.59. The van der Waals surface area contributed by atoms with Gasteiger partial charge in [-0.05, 0) is 41.3 Å². The molecule has 2 aromatic carbocycles. The van der Waals surface area contributed by atoms with Crippen molar-refractivity contribution in [3.8, 4) is 11.5 Å². The summed E-state index contributed by atoms with van der Waals surface area (Å²) in [4.78, 5) is 12.4. The molecule has 2 rings (SSSR count). The van der Waals surface area contributed by atoms with Gasteiger partial charge in [-0.25, -0.2) is 13.1 Å². The molecule has 0 atom stereocenters. The maximum atomic E-state index is 12.3. The Hall–Kier alpha value is -2.62. The number of carbonyl (C=O) groups is 1. The third-order valence-corrected chi connectivity index (χ3v) is 6.15. The summed E-state index contributed by atoms with van der Waals surface area (Å²) in [6.45, 7) is 6.80. The van der Waals surface area contributed by atoms with Gasteiger partial charge in [0.05, 0.1) is 18.6 Å². The number of amides is 1. The van der Waals surface area contributed by atoms with Gasteiger partial charge in [0, 0.05) is 25.8 Å². The van der Waals surface area contributed by atoms with Gasteiger partial charge in [0.2, 0.25) is 10.0 Å². The van der Waals surface area contributed by atoms with E-state index in [1.807, 2.05) is 6.07 Å². The maximum Gasteiger partial charge on any atom is 0.258 e. The van der Waals surface area contributed by atoms with Crippen molar-refractivity contribution in [2.75, 3.05) is 34.0 Å². The Morgan fingerprint density at radius 1 is 1.03 bits per heavy atom. The number of sulfonamides is 1. The summed E-state index contributed by atoms with van der Waals surface area (Å²) < 4.78 is 42.7. The van der Waals surface area contributed by atoms with E-state index in [0.29, 0.717) is 12.4 Å². The third-order valence-electron chi connectivity index (χ3n) is 4.68. The lowest BCUT2D eigenvalue weighted by Crippen LogP contribution is -2.29. The van der Waals surface area contributed by atoms with Crippen molar-refractivity contribution >= 4 is 15.9 Å². The number of carbonyl (C=O) groups excluding carboxylic acids is 1. The summed E-state index contributed by atoms with van der Waals surface area (Å²) in [6, 6.07) is 11.8. The van der Waals surface area contributed by atoms with Crippen molar-refractivity contribution in [2.24, 2.45) is 0 Å². The highest BCUT2D eigenvalue weighted by Gasteiger charge is 2.20. The molecule has 2 N–H and O–H groups in total. The molecule has 0 bridgehead atoms.